The van der Waals surface area contributed by atoms with Crippen molar-refractivity contribution in [2.75, 3.05) is 0 Å². The Labute approximate surface area is 217 Å². The van der Waals surface area contributed by atoms with Gasteiger partial charge in [-0.1, -0.05) is 60.7 Å². The molecule has 0 saturated heterocycles. The van der Waals surface area contributed by atoms with Crippen molar-refractivity contribution in [2.24, 2.45) is 0 Å². The molecule has 0 fully saturated rings. The summed E-state index contributed by atoms with van der Waals surface area (Å²) in [7, 11) is 0. The van der Waals surface area contributed by atoms with Gasteiger partial charge in [-0.15, -0.1) is 0 Å². The van der Waals surface area contributed by atoms with Crippen LogP contribution in [0, 0.1) is 13.8 Å². The summed E-state index contributed by atoms with van der Waals surface area (Å²) in [6.45, 7) is 4.02. The van der Waals surface area contributed by atoms with Crippen LogP contribution in [-0.4, -0.2) is 19.9 Å². The van der Waals surface area contributed by atoms with Crippen LogP contribution in [-0.2, 0) is 21.1 Å². The molecule has 0 aliphatic heterocycles. The number of benzene rings is 3. The van der Waals surface area contributed by atoms with Crippen LogP contribution in [0.4, 0.5) is 0 Å². The van der Waals surface area contributed by atoms with Crippen LogP contribution in [0.15, 0.2) is 97.3 Å². The zero-order valence-electron chi connectivity index (χ0n) is 19.3. The second-order valence-electron chi connectivity index (χ2n) is 8.49. The largest absolute Gasteiger partial charge is 0.256 e. The van der Waals surface area contributed by atoms with Gasteiger partial charge in [-0.05, 0) is 43.5 Å². The van der Waals surface area contributed by atoms with Gasteiger partial charge in [0, 0.05) is 71.8 Å². The van der Waals surface area contributed by atoms with E-state index in [1.807, 2.05) is 50.5 Å². The van der Waals surface area contributed by atoms with Crippen LogP contribution in [0.5, 0.6) is 0 Å². The van der Waals surface area contributed by atoms with Gasteiger partial charge in [-0.2, -0.15) is 0 Å². The van der Waals surface area contributed by atoms with E-state index in [-0.39, 0.29) is 21.1 Å². The van der Waals surface area contributed by atoms with Crippen molar-refractivity contribution in [3.63, 3.8) is 0 Å². The Bertz CT molecular complexity index is 1720. The number of hydrogen-bond acceptors (Lipinski definition) is 4. The van der Waals surface area contributed by atoms with Gasteiger partial charge in [0.1, 0.15) is 0 Å². The molecule has 3 aromatic carbocycles. The van der Waals surface area contributed by atoms with Crippen molar-refractivity contribution in [2.45, 2.75) is 13.8 Å². The van der Waals surface area contributed by atoms with E-state index < -0.39 is 0 Å². The Balaban J connectivity index is 0.000000142. The first-order valence-corrected chi connectivity index (χ1v) is 11.3. The van der Waals surface area contributed by atoms with Crippen LogP contribution in [0.1, 0.15) is 11.4 Å². The van der Waals surface area contributed by atoms with E-state index in [2.05, 4.69) is 80.6 Å². The monoisotopic (exact) mass is 633 g/mol. The quantitative estimate of drug-likeness (QED) is 0.164. The van der Waals surface area contributed by atoms with Gasteiger partial charge >= 0.3 is 0 Å². The summed E-state index contributed by atoms with van der Waals surface area (Å²) in [4.78, 5) is 18.2. The van der Waals surface area contributed by atoms with Crippen molar-refractivity contribution in [3.8, 4) is 0 Å². The third-order valence-corrected chi connectivity index (χ3v) is 6.12. The van der Waals surface area contributed by atoms with Crippen LogP contribution in [0.2, 0.25) is 0 Å². The average Bonchev–Trinajstić information content (AvgIpc) is 2.88. The molecule has 4 heterocycles. The van der Waals surface area contributed by atoms with Crippen molar-refractivity contribution in [1.82, 2.24) is 19.9 Å². The van der Waals surface area contributed by atoms with E-state index in [0.29, 0.717) is 0 Å². The summed E-state index contributed by atoms with van der Waals surface area (Å²) in [5, 5.41) is 6.94. The van der Waals surface area contributed by atoms with Gasteiger partial charge < -0.3 is 0 Å². The fourth-order valence-corrected chi connectivity index (χ4v) is 4.45. The number of aryl methyl sites for hydroxylation is 2. The van der Waals surface area contributed by atoms with Crippen LogP contribution < -0.4 is 0 Å². The van der Waals surface area contributed by atoms with Crippen LogP contribution in [0.25, 0.3) is 54.4 Å². The van der Waals surface area contributed by atoms with E-state index in [1.165, 1.54) is 5.39 Å². The molecule has 7 aromatic rings. The average molecular weight is 634 g/mol. The molecule has 0 amide bonds. The molecule has 0 bridgehead atoms. The summed E-state index contributed by atoms with van der Waals surface area (Å²) in [5.41, 5.74) is 6.12. The minimum absolute atomic E-state index is 0. The number of nitrogens with zero attached hydrogens (tertiary/aromatic N) is 4. The molecule has 4 nitrogen and oxygen atoms in total. The molecule has 0 unspecified atom stereocenters. The molecule has 0 atom stereocenters. The fraction of sp³-hybridized carbons (Fsp3) is 0.0667. The minimum atomic E-state index is 0. The maximum Gasteiger partial charge on any atom is 0.0967 e. The third kappa shape index (κ3) is 4.26. The molecular weight excluding hydrogens is 611 g/mol. The summed E-state index contributed by atoms with van der Waals surface area (Å²) in [6.07, 6.45) is 3.67. The third-order valence-electron chi connectivity index (χ3n) is 6.12. The van der Waals surface area contributed by atoms with Crippen molar-refractivity contribution in [3.05, 3.63) is 109 Å². The number of aromatic nitrogens is 4. The molecule has 4 aromatic heterocycles. The van der Waals surface area contributed by atoms with E-state index in [9.17, 15) is 0 Å². The zero-order valence-corrected chi connectivity index (χ0v) is 21.6. The van der Waals surface area contributed by atoms with Gasteiger partial charge in [0.25, 0.3) is 0 Å². The van der Waals surface area contributed by atoms with Gasteiger partial charge in [-0.25, -0.2) is 0 Å². The Morgan fingerprint density at radius 1 is 0.429 bits per heavy atom. The SMILES string of the molecule is Cc1ccc2ccc3ccc(C)nc3c2n1.[Pt].c1cnc2c(c1)ccc1ccc3cccnc3c12. The topological polar surface area (TPSA) is 51.6 Å². The molecule has 7 rings (SSSR count). The predicted molar refractivity (Wildman–Crippen MR) is 141 cm³/mol. The molecule has 35 heavy (non-hydrogen) atoms. The van der Waals surface area contributed by atoms with Crippen LogP contribution in [0.3, 0.4) is 0 Å². The standard InChI is InChI=1S/C16H10N2.C14H12N2.Pt/c1-3-12-7-5-11-6-8-13-4-2-10-18-16(13)14(11)15(12)17-9-1;1-9-3-5-11-7-8-12-6-4-10(2)16-14(12)13(11)15-9;/h1-10H;3-8H,1-2H3;. The second-order valence-corrected chi connectivity index (χ2v) is 8.49. The molecule has 0 aliphatic rings. The van der Waals surface area contributed by atoms with Gasteiger partial charge in [0.05, 0.1) is 22.1 Å². The summed E-state index contributed by atoms with van der Waals surface area (Å²) < 4.78 is 0. The second kappa shape index (κ2) is 9.48. The van der Waals surface area contributed by atoms with E-state index >= 15 is 0 Å². The van der Waals surface area contributed by atoms with Crippen LogP contribution >= 0.6 is 0 Å². The Morgan fingerprint density at radius 2 is 0.800 bits per heavy atom. The predicted octanol–water partition coefficient (Wildman–Crippen LogP) is 7.33. The smallest absolute Gasteiger partial charge is 0.0967 e. The number of hydrogen-bond donors (Lipinski definition) is 0. The van der Waals surface area contributed by atoms with E-state index in [1.54, 1.807) is 0 Å². The first-order valence-electron chi connectivity index (χ1n) is 11.3. The first kappa shape index (κ1) is 23.0. The molecule has 0 aliphatic carbocycles. The molecule has 172 valence electrons. The summed E-state index contributed by atoms with van der Waals surface area (Å²) >= 11 is 0. The van der Waals surface area contributed by atoms with Gasteiger partial charge in [0.2, 0.25) is 0 Å². The molecule has 0 radical (unpaired) electrons. The van der Waals surface area contributed by atoms with Crippen molar-refractivity contribution >= 4 is 54.4 Å². The molecular formula is C30H22N4Pt. The Kier molecular flexibility index (Phi) is 6.23. The van der Waals surface area contributed by atoms with Gasteiger partial charge in [0.15, 0.2) is 0 Å². The van der Waals surface area contributed by atoms with Gasteiger partial charge in [-0.3, -0.25) is 19.9 Å². The molecule has 0 saturated carbocycles. The molecule has 5 heteroatoms. The number of pyridine rings is 4. The molecule has 0 spiro atoms. The van der Waals surface area contributed by atoms with Crippen molar-refractivity contribution < 1.29 is 21.1 Å². The normalized spacial score (nSPS) is 10.9. The van der Waals surface area contributed by atoms with E-state index in [0.717, 1.165) is 60.4 Å². The van der Waals surface area contributed by atoms with E-state index in [4.69, 9.17) is 0 Å². The maximum absolute atomic E-state index is 4.58. The minimum Gasteiger partial charge on any atom is -0.256 e. The maximum atomic E-state index is 4.58. The number of rotatable bonds is 0. The fourth-order valence-electron chi connectivity index (χ4n) is 4.45. The first-order chi connectivity index (χ1) is 16.7. The Hall–Kier alpha value is -3.75. The summed E-state index contributed by atoms with van der Waals surface area (Å²) in [6, 6.07) is 29.0. The molecule has 0 N–H and O–H groups in total. The van der Waals surface area contributed by atoms with Crippen molar-refractivity contribution in [1.29, 1.82) is 0 Å². The zero-order chi connectivity index (χ0) is 23.1. The number of fused-ring (bicyclic) bond motifs is 8. The Morgan fingerprint density at radius 3 is 1.26 bits per heavy atom. The summed E-state index contributed by atoms with van der Waals surface area (Å²) in [5.74, 6) is 0.